The first kappa shape index (κ1) is 12.1. The lowest BCUT2D eigenvalue weighted by atomic mass is 10.1. The first-order valence-corrected chi connectivity index (χ1v) is 8.13. The van der Waals surface area contributed by atoms with Gasteiger partial charge in [-0.25, -0.2) is 0 Å². The van der Waals surface area contributed by atoms with E-state index >= 15 is 0 Å². The fourth-order valence-electron chi connectivity index (χ4n) is 2.05. The van der Waals surface area contributed by atoms with Gasteiger partial charge in [0.25, 0.3) is 0 Å². The van der Waals surface area contributed by atoms with E-state index in [0.717, 1.165) is 33.7 Å². The van der Waals surface area contributed by atoms with Gasteiger partial charge < -0.3 is 0 Å². The SMILES string of the molecule is O=C(c1ccc2ncccc2c1)C1CSCCS1. The van der Waals surface area contributed by atoms with Crippen LogP contribution >= 0.6 is 23.5 Å². The minimum atomic E-state index is 0.123. The van der Waals surface area contributed by atoms with Crippen molar-refractivity contribution in [1.29, 1.82) is 0 Å². The highest BCUT2D eigenvalue weighted by Gasteiger charge is 2.23. The molecule has 0 amide bonds. The lowest BCUT2D eigenvalue weighted by molar-refractivity contribution is 0.0995. The molecule has 18 heavy (non-hydrogen) atoms. The third-order valence-corrected chi connectivity index (χ3v) is 5.75. The summed E-state index contributed by atoms with van der Waals surface area (Å²) in [6.45, 7) is 0. The number of carbonyl (C=O) groups is 1. The van der Waals surface area contributed by atoms with E-state index in [4.69, 9.17) is 0 Å². The largest absolute Gasteiger partial charge is 0.293 e. The molecule has 1 aromatic heterocycles. The number of hydrogen-bond acceptors (Lipinski definition) is 4. The van der Waals surface area contributed by atoms with Gasteiger partial charge >= 0.3 is 0 Å². The smallest absolute Gasteiger partial charge is 0.176 e. The molecule has 0 bridgehead atoms. The second-order valence-corrected chi connectivity index (χ2v) is 6.67. The van der Waals surface area contributed by atoms with E-state index < -0.39 is 0 Å². The Morgan fingerprint density at radius 1 is 1.28 bits per heavy atom. The standard InChI is InChI=1S/C14H13NOS2/c16-14(13-9-17-6-7-18-13)11-3-4-12-10(8-11)2-1-5-15-12/h1-5,8,13H,6-7,9H2. The fourth-order valence-corrected chi connectivity index (χ4v) is 4.69. The van der Waals surface area contributed by atoms with Gasteiger partial charge in [0.2, 0.25) is 0 Å². The minimum absolute atomic E-state index is 0.123. The van der Waals surface area contributed by atoms with Gasteiger partial charge in [0.1, 0.15) is 0 Å². The Balaban J connectivity index is 1.91. The molecule has 0 N–H and O–H groups in total. The Labute approximate surface area is 115 Å². The molecule has 1 saturated heterocycles. The van der Waals surface area contributed by atoms with Crippen LogP contribution in [-0.4, -0.2) is 33.3 Å². The summed E-state index contributed by atoms with van der Waals surface area (Å²) in [5.41, 5.74) is 1.76. The van der Waals surface area contributed by atoms with Crippen LogP contribution in [0.4, 0.5) is 0 Å². The van der Waals surface area contributed by atoms with Crippen molar-refractivity contribution < 1.29 is 4.79 Å². The molecule has 1 aromatic carbocycles. The summed E-state index contributed by atoms with van der Waals surface area (Å²) in [6.07, 6.45) is 1.78. The molecule has 0 aliphatic carbocycles. The predicted molar refractivity (Wildman–Crippen MR) is 79.6 cm³/mol. The molecule has 0 spiro atoms. The predicted octanol–water partition coefficient (Wildman–Crippen LogP) is 3.27. The van der Waals surface area contributed by atoms with Crippen LogP contribution in [0.25, 0.3) is 10.9 Å². The van der Waals surface area contributed by atoms with Crippen LogP contribution in [0, 0.1) is 0 Å². The molecule has 1 aliphatic heterocycles. The second kappa shape index (κ2) is 5.33. The molecule has 0 radical (unpaired) electrons. The molecule has 1 atom stereocenters. The van der Waals surface area contributed by atoms with Crippen LogP contribution in [0.2, 0.25) is 0 Å². The number of nitrogens with zero attached hydrogens (tertiary/aromatic N) is 1. The molecule has 2 aromatic rings. The maximum Gasteiger partial charge on any atom is 0.176 e. The van der Waals surface area contributed by atoms with Crippen LogP contribution in [0.3, 0.4) is 0 Å². The zero-order valence-electron chi connectivity index (χ0n) is 9.83. The summed E-state index contributed by atoms with van der Waals surface area (Å²) in [7, 11) is 0. The Hall–Kier alpha value is -1.000. The van der Waals surface area contributed by atoms with Crippen molar-refractivity contribution in [1.82, 2.24) is 4.98 Å². The van der Waals surface area contributed by atoms with Gasteiger partial charge in [-0.3, -0.25) is 9.78 Å². The number of carbonyl (C=O) groups excluding carboxylic acids is 1. The zero-order valence-corrected chi connectivity index (χ0v) is 11.5. The van der Waals surface area contributed by atoms with Crippen molar-refractivity contribution >= 4 is 40.2 Å². The number of fused-ring (bicyclic) bond motifs is 1. The molecule has 2 heterocycles. The summed E-state index contributed by atoms with van der Waals surface area (Å²) in [5.74, 6) is 3.44. The lowest BCUT2D eigenvalue weighted by Gasteiger charge is -2.19. The van der Waals surface area contributed by atoms with Crippen molar-refractivity contribution in [3.63, 3.8) is 0 Å². The number of ketones is 1. The molecular weight excluding hydrogens is 262 g/mol. The summed E-state index contributed by atoms with van der Waals surface area (Å²) in [6, 6.07) is 9.70. The van der Waals surface area contributed by atoms with Crippen LogP contribution < -0.4 is 0 Å². The number of Topliss-reactive ketones (excluding diaryl/α,β-unsaturated/α-hetero) is 1. The Morgan fingerprint density at radius 2 is 2.22 bits per heavy atom. The number of benzene rings is 1. The van der Waals surface area contributed by atoms with E-state index in [1.165, 1.54) is 0 Å². The van der Waals surface area contributed by atoms with E-state index in [0.29, 0.717) is 0 Å². The molecule has 4 heteroatoms. The summed E-state index contributed by atoms with van der Waals surface area (Å²) in [5, 5.41) is 1.16. The topological polar surface area (TPSA) is 30.0 Å². The maximum absolute atomic E-state index is 12.4. The lowest BCUT2D eigenvalue weighted by Crippen LogP contribution is -2.24. The van der Waals surface area contributed by atoms with Gasteiger partial charge in [0.15, 0.2) is 5.78 Å². The van der Waals surface area contributed by atoms with E-state index in [1.54, 1.807) is 18.0 Å². The number of hydrogen-bond donors (Lipinski definition) is 0. The number of pyridine rings is 1. The highest BCUT2D eigenvalue weighted by molar-refractivity contribution is 8.07. The van der Waals surface area contributed by atoms with E-state index in [-0.39, 0.29) is 11.0 Å². The van der Waals surface area contributed by atoms with Crippen molar-refractivity contribution in [3.8, 4) is 0 Å². The zero-order chi connectivity index (χ0) is 12.4. The Kier molecular flexibility index (Phi) is 3.57. The van der Waals surface area contributed by atoms with Crippen LogP contribution in [0.1, 0.15) is 10.4 Å². The fraction of sp³-hybridized carbons (Fsp3) is 0.286. The molecule has 92 valence electrons. The van der Waals surface area contributed by atoms with Crippen molar-refractivity contribution in [2.45, 2.75) is 5.25 Å². The summed E-state index contributed by atoms with van der Waals surface area (Å²) >= 11 is 3.66. The minimum Gasteiger partial charge on any atom is -0.293 e. The Bertz CT molecular complexity index is 579. The van der Waals surface area contributed by atoms with Gasteiger partial charge in [0.05, 0.1) is 10.8 Å². The van der Waals surface area contributed by atoms with Gasteiger partial charge in [-0.15, -0.1) is 11.8 Å². The average molecular weight is 275 g/mol. The van der Waals surface area contributed by atoms with Gasteiger partial charge in [-0.2, -0.15) is 11.8 Å². The molecule has 3 rings (SSSR count). The first-order valence-electron chi connectivity index (χ1n) is 5.93. The van der Waals surface area contributed by atoms with Crippen molar-refractivity contribution in [2.24, 2.45) is 0 Å². The van der Waals surface area contributed by atoms with E-state index in [9.17, 15) is 4.79 Å². The van der Waals surface area contributed by atoms with Crippen molar-refractivity contribution in [3.05, 3.63) is 42.1 Å². The normalized spacial score (nSPS) is 19.9. The van der Waals surface area contributed by atoms with Gasteiger partial charge in [-0.1, -0.05) is 6.07 Å². The number of aromatic nitrogens is 1. The molecule has 1 aliphatic rings. The molecule has 1 fully saturated rings. The van der Waals surface area contributed by atoms with E-state index in [2.05, 4.69) is 4.98 Å². The Morgan fingerprint density at radius 3 is 3.06 bits per heavy atom. The summed E-state index contributed by atoms with van der Waals surface area (Å²) < 4.78 is 0. The highest BCUT2D eigenvalue weighted by atomic mass is 32.2. The molecule has 2 nitrogen and oxygen atoms in total. The maximum atomic E-state index is 12.4. The molecular formula is C14H13NOS2. The first-order chi connectivity index (χ1) is 8.84. The van der Waals surface area contributed by atoms with Crippen LogP contribution in [0.5, 0.6) is 0 Å². The monoisotopic (exact) mass is 275 g/mol. The quantitative estimate of drug-likeness (QED) is 0.787. The number of thioether (sulfide) groups is 2. The van der Waals surface area contributed by atoms with Gasteiger partial charge in [-0.05, 0) is 24.3 Å². The summed E-state index contributed by atoms with van der Waals surface area (Å²) in [4.78, 5) is 16.7. The third-order valence-electron chi connectivity index (χ3n) is 3.00. The number of rotatable bonds is 2. The van der Waals surface area contributed by atoms with Crippen LogP contribution in [-0.2, 0) is 0 Å². The van der Waals surface area contributed by atoms with E-state index in [1.807, 2.05) is 42.1 Å². The highest BCUT2D eigenvalue weighted by Crippen LogP contribution is 2.27. The average Bonchev–Trinajstić information content (AvgIpc) is 2.47. The van der Waals surface area contributed by atoms with Crippen molar-refractivity contribution in [2.75, 3.05) is 17.3 Å². The second-order valence-electron chi connectivity index (χ2n) is 4.21. The molecule has 0 saturated carbocycles. The van der Waals surface area contributed by atoms with Gasteiger partial charge in [0, 0.05) is 34.4 Å². The van der Waals surface area contributed by atoms with Crippen LogP contribution in [0.15, 0.2) is 36.5 Å². The molecule has 1 unspecified atom stereocenters. The third kappa shape index (κ3) is 2.40.